The van der Waals surface area contributed by atoms with Crippen molar-refractivity contribution in [2.45, 2.75) is 39.5 Å². The summed E-state index contributed by atoms with van der Waals surface area (Å²) in [5, 5.41) is 0. The van der Waals surface area contributed by atoms with Gasteiger partial charge in [0.15, 0.2) is 0 Å². The van der Waals surface area contributed by atoms with Gasteiger partial charge < -0.3 is 5.73 Å². The number of carbonyl (C=O) groups excluding carboxylic acids is 1. The molecule has 0 aliphatic carbocycles. The number of hydrogen-bond donors (Lipinski definition) is 2. The molecule has 0 fully saturated rings. The van der Waals surface area contributed by atoms with Gasteiger partial charge in [-0.05, 0) is 26.2 Å². The van der Waals surface area contributed by atoms with Crippen molar-refractivity contribution in [3.8, 4) is 0 Å². The van der Waals surface area contributed by atoms with Crippen LogP contribution in [0.3, 0.4) is 0 Å². The van der Waals surface area contributed by atoms with Gasteiger partial charge in [0.1, 0.15) is 0 Å². The van der Waals surface area contributed by atoms with Gasteiger partial charge in [0.05, 0.1) is 11.9 Å². The summed E-state index contributed by atoms with van der Waals surface area (Å²) in [6.45, 7) is 11.0. The van der Waals surface area contributed by atoms with Crippen molar-refractivity contribution in [3.05, 3.63) is 11.6 Å². The minimum Gasteiger partial charge on any atom is -0.366 e. The lowest BCUT2D eigenvalue weighted by Gasteiger charge is -2.09. The van der Waals surface area contributed by atoms with E-state index < -0.39 is 23.3 Å². The van der Waals surface area contributed by atoms with Crippen LogP contribution in [-0.2, 0) is 14.9 Å². The molecule has 0 unspecified atom stereocenters. The molecule has 0 aliphatic rings. The molecule has 0 atom stereocenters. The normalized spacial score (nSPS) is 12.6. The lowest BCUT2D eigenvalue weighted by Crippen LogP contribution is -2.11. The lowest BCUT2D eigenvalue weighted by molar-refractivity contribution is -0.114. The number of carbonyl (C=O) groups is 1. The summed E-state index contributed by atoms with van der Waals surface area (Å²) in [6, 6.07) is 0. The van der Waals surface area contributed by atoms with Crippen LogP contribution in [0.15, 0.2) is 11.6 Å². The molecule has 0 heterocycles. The third kappa shape index (κ3) is 22.0. The summed E-state index contributed by atoms with van der Waals surface area (Å²) in [5.41, 5.74) is 5.33. The van der Waals surface area contributed by atoms with Gasteiger partial charge >= 0.3 is 0 Å². The van der Waals surface area contributed by atoms with E-state index in [2.05, 4.69) is 26.9 Å². The summed E-state index contributed by atoms with van der Waals surface area (Å²) in [7, 11) is -4.32. The van der Waals surface area contributed by atoms with Gasteiger partial charge in [-0.2, -0.15) is 8.42 Å². The van der Waals surface area contributed by atoms with Crippen LogP contribution in [0.2, 0.25) is 0 Å². The maximum atomic E-state index is 10.5. The molecular formula is C14H31NO4PS+. The van der Waals surface area contributed by atoms with Crippen molar-refractivity contribution in [3.63, 3.8) is 0 Å². The van der Waals surface area contributed by atoms with Crippen LogP contribution < -0.4 is 5.73 Å². The molecule has 0 saturated carbocycles. The van der Waals surface area contributed by atoms with E-state index in [4.69, 9.17) is 10.3 Å². The number of nitrogens with two attached hydrogens (primary N) is 1. The van der Waals surface area contributed by atoms with E-state index in [0.717, 1.165) is 0 Å². The topological polar surface area (TPSA) is 97.5 Å². The first-order valence-corrected chi connectivity index (χ1v) is 12.0. The predicted molar refractivity (Wildman–Crippen MR) is 93.1 cm³/mol. The smallest absolute Gasteiger partial charge is 0.264 e. The molecule has 7 heteroatoms. The molecule has 126 valence electrons. The second kappa shape index (κ2) is 11.2. The average Bonchev–Trinajstić information content (AvgIpc) is 2.30. The van der Waals surface area contributed by atoms with Crippen LogP contribution in [0.25, 0.3) is 0 Å². The average molecular weight is 340 g/mol. The van der Waals surface area contributed by atoms with Crippen LogP contribution >= 0.6 is 7.26 Å². The van der Waals surface area contributed by atoms with Crippen molar-refractivity contribution in [1.82, 2.24) is 0 Å². The van der Waals surface area contributed by atoms with E-state index in [0.29, 0.717) is 12.0 Å². The van der Waals surface area contributed by atoms with Crippen LogP contribution in [0.4, 0.5) is 0 Å². The Kier molecular flexibility index (Phi) is 12.1. The molecule has 0 saturated heterocycles. The van der Waals surface area contributed by atoms with Gasteiger partial charge in [-0.1, -0.05) is 19.4 Å². The fraction of sp³-hybridized carbons (Fsp3) is 0.786. The van der Waals surface area contributed by atoms with Crippen molar-refractivity contribution in [2.24, 2.45) is 5.73 Å². The molecule has 0 radical (unpaired) electrons. The Bertz CT molecular complexity index is 425. The fourth-order valence-electron chi connectivity index (χ4n) is 1.32. The number of unbranched alkanes of at least 4 members (excludes halogenated alkanes) is 2. The van der Waals surface area contributed by atoms with Crippen molar-refractivity contribution < 1.29 is 17.8 Å². The van der Waals surface area contributed by atoms with E-state index in [-0.39, 0.29) is 12.2 Å². The molecule has 0 aromatic carbocycles. The first kappa shape index (κ1) is 22.8. The van der Waals surface area contributed by atoms with E-state index in [1.165, 1.54) is 19.0 Å². The minimum atomic E-state index is -3.89. The third-order valence-corrected chi connectivity index (χ3v) is 5.09. The number of primary amides is 1. The SMILES string of the molecule is CC(=CCCCS(=O)(=O)O)C(N)=O.CCCC[P+](C)(C)C. The number of allylic oxidation sites excluding steroid dienone is 1. The minimum absolute atomic E-state index is 0.281. The highest BCUT2D eigenvalue weighted by Crippen LogP contribution is 2.46. The summed E-state index contributed by atoms with van der Waals surface area (Å²) in [5.74, 6) is -0.818. The monoisotopic (exact) mass is 340 g/mol. The molecule has 0 aromatic rings. The van der Waals surface area contributed by atoms with Gasteiger partial charge in [-0.15, -0.1) is 0 Å². The Balaban J connectivity index is 0. The Morgan fingerprint density at radius 2 is 1.76 bits per heavy atom. The largest absolute Gasteiger partial charge is 0.366 e. The highest BCUT2D eigenvalue weighted by Gasteiger charge is 2.14. The van der Waals surface area contributed by atoms with Crippen molar-refractivity contribution in [1.29, 1.82) is 0 Å². The fourth-order valence-corrected chi connectivity index (χ4v) is 3.11. The quantitative estimate of drug-likeness (QED) is 0.307. The zero-order valence-corrected chi connectivity index (χ0v) is 15.6. The summed E-state index contributed by atoms with van der Waals surface area (Å²) < 4.78 is 28.9. The first-order chi connectivity index (χ1) is 9.39. The second-order valence-electron chi connectivity index (χ2n) is 6.05. The van der Waals surface area contributed by atoms with Gasteiger partial charge in [0, 0.05) is 32.8 Å². The molecule has 0 bridgehead atoms. The van der Waals surface area contributed by atoms with Gasteiger partial charge in [-0.3, -0.25) is 9.35 Å². The lowest BCUT2D eigenvalue weighted by atomic mass is 10.2. The van der Waals surface area contributed by atoms with Crippen LogP contribution in [0.5, 0.6) is 0 Å². The van der Waals surface area contributed by atoms with Crippen LogP contribution in [0, 0.1) is 0 Å². The molecule has 5 nitrogen and oxygen atoms in total. The first-order valence-electron chi connectivity index (χ1n) is 7.11. The predicted octanol–water partition coefficient (Wildman–Crippen LogP) is 2.78. The van der Waals surface area contributed by atoms with Crippen molar-refractivity contribution in [2.75, 3.05) is 31.9 Å². The number of rotatable bonds is 8. The summed E-state index contributed by atoms with van der Waals surface area (Å²) in [6.07, 6.45) is 6.50. The Labute approximate surface area is 130 Å². The van der Waals surface area contributed by atoms with Gasteiger partial charge in [0.2, 0.25) is 5.91 Å². The molecular weight excluding hydrogens is 309 g/mol. The van der Waals surface area contributed by atoms with Crippen molar-refractivity contribution >= 4 is 23.3 Å². The van der Waals surface area contributed by atoms with Gasteiger partial charge in [-0.25, -0.2) is 0 Å². The maximum absolute atomic E-state index is 10.5. The number of amides is 1. The molecule has 1 amide bonds. The van der Waals surface area contributed by atoms with Crippen LogP contribution in [-0.4, -0.2) is 50.8 Å². The molecule has 0 rings (SSSR count). The van der Waals surface area contributed by atoms with E-state index in [9.17, 15) is 13.2 Å². The zero-order valence-electron chi connectivity index (χ0n) is 13.9. The van der Waals surface area contributed by atoms with E-state index in [1.807, 2.05) is 0 Å². The Morgan fingerprint density at radius 1 is 1.24 bits per heavy atom. The second-order valence-corrected chi connectivity index (χ2v) is 12.6. The van der Waals surface area contributed by atoms with Gasteiger partial charge in [0.25, 0.3) is 10.1 Å². The Hall–Kier alpha value is -0.450. The molecule has 3 N–H and O–H groups in total. The van der Waals surface area contributed by atoms with Crippen LogP contribution in [0.1, 0.15) is 39.5 Å². The zero-order chi connectivity index (χ0) is 17.1. The molecule has 21 heavy (non-hydrogen) atoms. The summed E-state index contributed by atoms with van der Waals surface area (Å²) in [4.78, 5) is 10.5. The number of hydrogen-bond acceptors (Lipinski definition) is 3. The Morgan fingerprint density at radius 3 is 2.05 bits per heavy atom. The van der Waals surface area contributed by atoms with E-state index >= 15 is 0 Å². The van der Waals surface area contributed by atoms with E-state index in [1.54, 1.807) is 13.0 Å². The standard InChI is InChI=1S/C7H13NO4S.C7H18P/c1-6(7(8)9)4-2-3-5-13(10,11)12;1-5-6-7-8(2,3)4/h4H,2-3,5H2,1H3,(H2,8,9)(H,10,11,12);5-7H2,1-4H3/q;+1. The molecule has 0 aliphatic heterocycles. The summed E-state index contributed by atoms with van der Waals surface area (Å²) >= 11 is 0. The maximum Gasteiger partial charge on any atom is 0.264 e. The molecule has 0 spiro atoms. The highest BCUT2D eigenvalue weighted by molar-refractivity contribution is 7.85. The third-order valence-electron chi connectivity index (χ3n) is 2.63. The molecule has 0 aromatic heterocycles. The highest BCUT2D eigenvalue weighted by atomic mass is 32.2.